The van der Waals surface area contributed by atoms with Gasteiger partial charge in [-0.05, 0) is 49.3 Å². The molecule has 0 bridgehead atoms. The zero-order chi connectivity index (χ0) is 18.3. The summed E-state index contributed by atoms with van der Waals surface area (Å²) in [6, 6.07) is 21.6. The zero-order valence-corrected chi connectivity index (χ0v) is 16.2. The molecule has 1 aliphatic rings. The van der Waals surface area contributed by atoms with Gasteiger partial charge in [-0.1, -0.05) is 67.8 Å². The Bertz CT molecular complexity index is 830. The van der Waals surface area contributed by atoms with Gasteiger partial charge < -0.3 is 4.90 Å². The fourth-order valence-electron chi connectivity index (χ4n) is 4.40. The van der Waals surface area contributed by atoms with Gasteiger partial charge in [0.15, 0.2) is 0 Å². The van der Waals surface area contributed by atoms with E-state index >= 15 is 0 Å². The molecule has 0 unspecified atom stereocenters. The number of aromatic nitrogens is 1. The van der Waals surface area contributed by atoms with E-state index < -0.39 is 0 Å². The maximum absolute atomic E-state index is 4.50. The Morgan fingerprint density at radius 3 is 2.44 bits per heavy atom. The average Bonchev–Trinajstić information content (AvgIpc) is 2.74. The summed E-state index contributed by atoms with van der Waals surface area (Å²) in [5, 5.41) is 1.29. The number of anilines is 1. The van der Waals surface area contributed by atoms with Crippen LogP contribution in [0.25, 0.3) is 10.9 Å². The highest BCUT2D eigenvalue weighted by atomic mass is 15.1. The highest BCUT2D eigenvalue weighted by Crippen LogP contribution is 2.30. The van der Waals surface area contributed by atoms with Crippen LogP contribution in [0.2, 0.25) is 0 Å². The summed E-state index contributed by atoms with van der Waals surface area (Å²) >= 11 is 0. The predicted molar refractivity (Wildman–Crippen MR) is 115 cm³/mol. The molecule has 0 spiro atoms. The Labute approximate surface area is 163 Å². The molecule has 2 aromatic carbocycles. The van der Waals surface area contributed by atoms with Crippen LogP contribution in [-0.2, 0) is 6.42 Å². The predicted octanol–water partition coefficient (Wildman–Crippen LogP) is 6.25. The molecule has 3 aromatic rings. The van der Waals surface area contributed by atoms with Crippen molar-refractivity contribution in [1.29, 1.82) is 0 Å². The van der Waals surface area contributed by atoms with Gasteiger partial charge in [-0.3, -0.25) is 4.98 Å². The zero-order valence-electron chi connectivity index (χ0n) is 16.2. The molecule has 1 aromatic heterocycles. The molecule has 0 N–H and O–H groups in total. The molecule has 4 rings (SSSR count). The topological polar surface area (TPSA) is 16.1 Å². The highest BCUT2D eigenvalue weighted by Gasteiger charge is 2.20. The summed E-state index contributed by atoms with van der Waals surface area (Å²) in [4.78, 5) is 7.07. The number of fused-ring (bicyclic) bond motifs is 1. The van der Waals surface area contributed by atoms with Crippen LogP contribution in [0.3, 0.4) is 0 Å². The first-order chi connectivity index (χ1) is 13.4. The first-order valence-corrected chi connectivity index (χ1v) is 10.5. The van der Waals surface area contributed by atoms with Gasteiger partial charge in [0.1, 0.15) is 0 Å². The van der Waals surface area contributed by atoms with Crippen LogP contribution in [0.4, 0.5) is 5.69 Å². The van der Waals surface area contributed by atoms with Crippen LogP contribution in [0.5, 0.6) is 0 Å². The minimum absolute atomic E-state index is 0.908. The number of hydrogen-bond donors (Lipinski definition) is 0. The van der Waals surface area contributed by atoms with Crippen LogP contribution in [0.15, 0.2) is 66.9 Å². The lowest BCUT2D eigenvalue weighted by Crippen LogP contribution is -2.33. The number of benzene rings is 2. The van der Waals surface area contributed by atoms with Gasteiger partial charge in [0.05, 0.1) is 5.52 Å². The third kappa shape index (κ3) is 4.68. The van der Waals surface area contributed by atoms with Crippen molar-refractivity contribution in [2.45, 2.75) is 44.9 Å². The maximum Gasteiger partial charge on any atom is 0.0722 e. The van der Waals surface area contributed by atoms with Crippen molar-refractivity contribution in [2.75, 3.05) is 18.0 Å². The summed E-state index contributed by atoms with van der Waals surface area (Å²) in [7, 11) is 0. The van der Waals surface area contributed by atoms with Crippen molar-refractivity contribution < 1.29 is 0 Å². The van der Waals surface area contributed by atoms with Crippen molar-refractivity contribution >= 4 is 16.6 Å². The van der Waals surface area contributed by atoms with Gasteiger partial charge in [0, 0.05) is 30.4 Å². The van der Waals surface area contributed by atoms with Crippen LogP contribution < -0.4 is 4.90 Å². The van der Waals surface area contributed by atoms with E-state index in [1.807, 2.05) is 6.20 Å². The Morgan fingerprint density at radius 2 is 1.59 bits per heavy atom. The molecule has 2 nitrogen and oxygen atoms in total. The normalized spacial score (nSPS) is 15.3. The number of aryl methyl sites for hydroxylation is 1. The van der Waals surface area contributed by atoms with Crippen LogP contribution in [-0.4, -0.2) is 18.1 Å². The fourth-order valence-corrected chi connectivity index (χ4v) is 4.40. The van der Waals surface area contributed by atoms with Crippen molar-refractivity contribution in [2.24, 2.45) is 5.92 Å². The number of pyridine rings is 1. The van der Waals surface area contributed by atoms with Crippen molar-refractivity contribution in [3.8, 4) is 0 Å². The lowest BCUT2D eigenvalue weighted by molar-refractivity contribution is 0.367. The molecule has 140 valence electrons. The number of hydrogen-bond acceptors (Lipinski definition) is 2. The van der Waals surface area contributed by atoms with Crippen molar-refractivity contribution in [3.05, 3.63) is 72.4 Å². The first-order valence-electron chi connectivity index (χ1n) is 10.5. The largest absolute Gasteiger partial charge is 0.371 e. The second-order valence-corrected chi connectivity index (χ2v) is 7.86. The first kappa shape index (κ1) is 18.0. The minimum Gasteiger partial charge on any atom is -0.371 e. The van der Waals surface area contributed by atoms with Gasteiger partial charge in [-0.25, -0.2) is 0 Å². The molecule has 1 saturated heterocycles. The van der Waals surface area contributed by atoms with E-state index in [0.717, 1.165) is 11.4 Å². The number of para-hydroxylation sites is 1. The Balaban J connectivity index is 1.21. The summed E-state index contributed by atoms with van der Waals surface area (Å²) in [6.07, 6.45) is 11.3. The van der Waals surface area contributed by atoms with E-state index in [-0.39, 0.29) is 0 Å². The average molecular weight is 359 g/mol. The number of unbranched alkanes of at least 4 members (excludes halogenated alkanes) is 2. The summed E-state index contributed by atoms with van der Waals surface area (Å²) < 4.78 is 0. The Hall–Kier alpha value is -2.35. The Morgan fingerprint density at radius 1 is 0.815 bits per heavy atom. The fraction of sp³-hybridized carbons (Fsp3) is 0.400. The monoisotopic (exact) mass is 358 g/mol. The van der Waals surface area contributed by atoms with Crippen LogP contribution in [0, 0.1) is 5.92 Å². The van der Waals surface area contributed by atoms with Gasteiger partial charge in [0.25, 0.3) is 0 Å². The lowest BCUT2D eigenvalue weighted by Gasteiger charge is -2.34. The maximum atomic E-state index is 4.50. The SMILES string of the molecule is c1ccc(CCCCCC2CCN(c3ccnc4ccccc34)CC2)cc1. The van der Waals surface area contributed by atoms with Gasteiger partial charge in [-0.2, -0.15) is 0 Å². The van der Waals surface area contributed by atoms with E-state index in [0.29, 0.717) is 0 Å². The molecule has 0 atom stereocenters. The molecule has 1 fully saturated rings. The molecule has 0 radical (unpaired) electrons. The molecule has 2 heteroatoms. The van der Waals surface area contributed by atoms with Crippen molar-refractivity contribution in [3.63, 3.8) is 0 Å². The van der Waals surface area contributed by atoms with E-state index in [2.05, 4.69) is 70.5 Å². The van der Waals surface area contributed by atoms with E-state index in [9.17, 15) is 0 Å². The molecule has 27 heavy (non-hydrogen) atoms. The number of rotatable bonds is 7. The van der Waals surface area contributed by atoms with E-state index in [4.69, 9.17) is 0 Å². The molecular formula is C25H30N2. The molecular weight excluding hydrogens is 328 g/mol. The molecule has 2 heterocycles. The summed E-state index contributed by atoms with van der Waals surface area (Å²) in [5.74, 6) is 0.908. The number of piperidine rings is 1. The summed E-state index contributed by atoms with van der Waals surface area (Å²) in [6.45, 7) is 2.37. The number of nitrogens with zero attached hydrogens (tertiary/aromatic N) is 2. The quantitative estimate of drug-likeness (QED) is 0.464. The standard InChI is InChI=1S/C25H30N2/c1-3-9-21(10-4-1)11-5-2-6-12-22-16-19-27(20-17-22)25-15-18-26-24-14-8-7-13-23(24)25/h1,3-4,7-10,13-15,18,22H,2,5-6,11-12,16-17,19-20H2. The molecule has 0 aliphatic carbocycles. The van der Waals surface area contributed by atoms with Gasteiger partial charge >= 0.3 is 0 Å². The van der Waals surface area contributed by atoms with E-state index in [1.54, 1.807) is 0 Å². The lowest BCUT2D eigenvalue weighted by atomic mass is 9.90. The smallest absolute Gasteiger partial charge is 0.0722 e. The van der Waals surface area contributed by atoms with Gasteiger partial charge in [0.2, 0.25) is 0 Å². The summed E-state index contributed by atoms with van der Waals surface area (Å²) in [5.41, 5.74) is 3.95. The minimum atomic E-state index is 0.908. The van der Waals surface area contributed by atoms with Crippen LogP contribution >= 0.6 is 0 Å². The van der Waals surface area contributed by atoms with Crippen molar-refractivity contribution in [1.82, 2.24) is 4.98 Å². The van der Waals surface area contributed by atoms with Gasteiger partial charge in [-0.15, -0.1) is 0 Å². The molecule has 0 amide bonds. The second-order valence-electron chi connectivity index (χ2n) is 7.86. The molecule has 1 aliphatic heterocycles. The highest BCUT2D eigenvalue weighted by molar-refractivity contribution is 5.91. The third-order valence-corrected chi connectivity index (χ3v) is 6.00. The second kappa shape index (κ2) is 9.03. The van der Waals surface area contributed by atoms with Crippen LogP contribution in [0.1, 0.15) is 44.1 Å². The Kier molecular flexibility index (Phi) is 6.03. The van der Waals surface area contributed by atoms with E-state index in [1.165, 1.54) is 74.7 Å². The third-order valence-electron chi connectivity index (χ3n) is 6.00. The molecule has 0 saturated carbocycles.